The van der Waals surface area contributed by atoms with Crippen LogP contribution < -0.4 is 9.80 Å². The lowest BCUT2D eigenvalue weighted by atomic mass is 9.55. The van der Waals surface area contributed by atoms with Crippen LogP contribution in [0.3, 0.4) is 0 Å². The second-order valence-electron chi connectivity index (χ2n) is 9.46. The number of rotatable bonds is 3. The Morgan fingerprint density at radius 2 is 1.96 bits per heavy atom. The number of fused-ring (bicyclic) bond motifs is 2. The summed E-state index contributed by atoms with van der Waals surface area (Å²) >= 11 is 0. The highest BCUT2D eigenvalue weighted by molar-refractivity contribution is 5.75. The van der Waals surface area contributed by atoms with Crippen LogP contribution in [0.5, 0.6) is 0 Å². The first-order valence-electron chi connectivity index (χ1n) is 10.6. The van der Waals surface area contributed by atoms with Crippen LogP contribution >= 0.6 is 0 Å². The molecule has 2 N–H and O–H groups in total. The van der Waals surface area contributed by atoms with Gasteiger partial charge >= 0.3 is 5.97 Å². The largest absolute Gasteiger partial charge is 0.462 e. The topological polar surface area (TPSA) is 35.2 Å². The van der Waals surface area contributed by atoms with E-state index in [9.17, 15) is 4.79 Å². The first-order valence-corrected chi connectivity index (χ1v) is 10.6. The number of esters is 1. The van der Waals surface area contributed by atoms with E-state index in [1.807, 2.05) is 0 Å². The molecule has 2 aliphatic heterocycles. The molecule has 5 atom stereocenters. The number of quaternary nitrogens is 2. The van der Waals surface area contributed by atoms with E-state index in [-0.39, 0.29) is 18.0 Å². The summed E-state index contributed by atoms with van der Waals surface area (Å²) in [5, 5.41) is 0. The molecule has 0 bridgehead atoms. The van der Waals surface area contributed by atoms with Crippen molar-refractivity contribution in [3.63, 3.8) is 0 Å². The van der Waals surface area contributed by atoms with E-state index in [0.29, 0.717) is 17.3 Å². The van der Waals surface area contributed by atoms with Crippen LogP contribution in [0.25, 0.3) is 0 Å². The quantitative estimate of drug-likeness (QED) is 0.561. The van der Waals surface area contributed by atoms with Crippen molar-refractivity contribution in [2.24, 2.45) is 23.2 Å². The Balaban J connectivity index is 1.44. The van der Waals surface area contributed by atoms with Gasteiger partial charge in [-0.25, -0.2) is 0 Å². The minimum absolute atomic E-state index is 0.0978. The molecular weight excluding hydrogens is 312 g/mol. The van der Waals surface area contributed by atoms with Gasteiger partial charge in [-0.2, -0.15) is 0 Å². The lowest BCUT2D eigenvalue weighted by molar-refractivity contribution is -1.01. The third-order valence-electron chi connectivity index (χ3n) is 7.99. The number of likely N-dealkylation sites (N-methyl/N-ethyl adjacent to an activating group) is 1. The van der Waals surface area contributed by atoms with Gasteiger partial charge in [0.05, 0.1) is 13.1 Å². The lowest BCUT2D eigenvalue weighted by Gasteiger charge is -2.50. The van der Waals surface area contributed by atoms with E-state index < -0.39 is 0 Å². The van der Waals surface area contributed by atoms with Crippen molar-refractivity contribution in [1.29, 1.82) is 0 Å². The number of carbonyl (C=O) groups is 1. The van der Waals surface area contributed by atoms with Gasteiger partial charge in [0.25, 0.3) is 0 Å². The number of hydrogen-bond donors (Lipinski definition) is 2. The molecule has 140 valence electrons. The number of carbonyl (C=O) groups excluding carboxylic acids is 1. The lowest BCUT2D eigenvalue weighted by Crippen LogP contribution is -3.28. The average Bonchev–Trinajstić information content (AvgIpc) is 2.88. The zero-order chi connectivity index (χ0) is 17.6. The van der Waals surface area contributed by atoms with Crippen molar-refractivity contribution in [3.8, 4) is 0 Å². The van der Waals surface area contributed by atoms with E-state index >= 15 is 0 Å². The average molecular weight is 349 g/mol. The summed E-state index contributed by atoms with van der Waals surface area (Å²) in [6.07, 6.45) is 6.09. The fraction of sp³-hybridized carbons (Fsp3) is 0.857. The van der Waals surface area contributed by atoms with Crippen LogP contribution in [0.1, 0.15) is 46.0 Å². The highest BCUT2D eigenvalue weighted by atomic mass is 16.6. The van der Waals surface area contributed by atoms with Gasteiger partial charge in [0.15, 0.2) is 0 Å². The van der Waals surface area contributed by atoms with Crippen molar-refractivity contribution < 1.29 is 19.3 Å². The predicted octanol–water partition coefficient (Wildman–Crippen LogP) is 0.104. The van der Waals surface area contributed by atoms with E-state index in [0.717, 1.165) is 19.4 Å². The van der Waals surface area contributed by atoms with E-state index in [4.69, 9.17) is 4.74 Å². The van der Waals surface area contributed by atoms with Gasteiger partial charge in [-0.1, -0.05) is 19.1 Å². The Labute approximate surface area is 152 Å². The number of nitrogens with one attached hydrogen (secondary N) is 2. The van der Waals surface area contributed by atoms with Crippen molar-refractivity contribution >= 4 is 5.97 Å². The summed E-state index contributed by atoms with van der Waals surface area (Å²) in [6.45, 7) is 16.2. The van der Waals surface area contributed by atoms with Crippen molar-refractivity contribution in [1.82, 2.24) is 0 Å². The molecular formula is C21H36N2O2+2. The maximum absolute atomic E-state index is 12.7. The van der Waals surface area contributed by atoms with Crippen LogP contribution in [0.15, 0.2) is 12.2 Å². The Hall–Kier alpha value is -0.870. The summed E-state index contributed by atoms with van der Waals surface area (Å²) in [4.78, 5) is 16.0. The van der Waals surface area contributed by atoms with Gasteiger partial charge in [-0.3, -0.25) is 4.79 Å². The zero-order valence-corrected chi connectivity index (χ0v) is 16.1. The number of ether oxygens (including phenoxy) is 1. The SMILES string of the molecule is C=C1CCC[C@]2(C)C[C@H]3OC(=O)[C@H](C[NH+]4CC[NH+](CC)CC4)[C@H]3C[C@H]12. The Bertz CT molecular complexity index is 540. The summed E-state index contributed by atoms with van der Waals surface area (Å²) in [5.41, 5.74) is 1.76. The minimum atomic E-state index is 0.0978. The summed E-state index contributed by atoms with van der Waals surface area (Å²) in [7, 11) is 0. The molecule has 2 saturated heterocycles. The first kappa shape index (κ1) is 17.5. The number of allylic oxidation sites excluding steroid dienone is 1. The molecule has 4 fully saturated rings. The highest BCUT2D eigenvalue weighted by Crippen LogP contribution is 2.56. The molecule has 0 unspecified atom stereocenters. The van der Waals surface area contributed by atoms with Gasteiger partial charge in [0, 0.05) is 5.92 Å². The standard InChI is InChI=1S/C21H34N2O2/c1-4-22-8-10-23(11-9-22)14-17-16-12-18-15(2)6-5-7-21(18,3)13-19(16)25-20(17)24/h16-19H,2,4-14H2,1,3H3/p+2/t16-,17-,18-,19-,21-/m1/s1. The molecule has 0 aromatic heterocycles. The maximum Gasteiger partial charge on any atom is 0.315 e. The van der Waals surface area contributed by atoms with Crippen LogP contribution in [-0.4, -0.2) is 51.3 Å². The number of piperazine rings is 1. The van der Waals surface area contributed by atoms with Crippen molar-refractivity contribution in [3.05, 3.63) is 12.2 Å². The van der Waals surface area contributed by atoms with Gasteiger partial charge in [0.2, 0.25) is 0 Å². The van der Waals surface area contributed by atoms with Gasteiger partial charge in [-0.05, 0) is 50.4 Å². The molecule has 0 radical (unpaired) electrons. The molecule has 4 aliphatic rings. The molecule has 2 heterocycles. The van der Waals surface area contributed by atoms with Crippen LogP contribution in [0.4, 0.5) is 0 Å². The minimum Gasteiger partial charge on any atom is -0.462 e. The molecule has 0 amide bonds. The predicted molar refractivity (Wildman–Crippen MR) is 97.5 cm³/mol. The third kappa shape index (κ3) is 3.16. The van der Waals surface area contributed by atoms with Gasteiger partial charge < -0.3 is 14.5 Å². The first-order chi connectivity index (χ1) is 12.0. The molecule has 0 aromatic carbocycles. The summed E-state index contributed by atoms with van der Waals surface area (Å²) < 4.78 is 5.92. The Morgan fingerprint density at radius 3 is 2.68 bits per heavy atom. The third-order valence-corrected chi connectivity index (χ3v) is 7.99. The Kier molecular flexibility index (Phi) is 4.70. The summed E-state index contributed by atoms with van der Waals surface area (Å²) in [6, 6.07) is 0. The summed E-state index contributed by atoms with van der Waals surface area (Å²) in [5.74, 6) is 1.27. The second-order valence-corrected chi connectivity index (χ2v) is 9.46. The molecule has 4 nitrogen and oxygen atoms in total. The van der Waals surface area contributed by atoms with Gasteiger partial charge in [0.1, 0.15) is 38.2 Å². The molecule has 0 spiro atoms. The second kappa shape index (κ2) is 6.70. The molecule has 4 rings (SSSR count). The fourth-order valence-electron chi connectivity index (χ4n) is 6.32. The fourth-order valence-corrected chi connectivity index (χ4v) is 6.32. The molecule has 25 heavy (non-hydrogen) atoms. The van der Waals surface area contributed by atoms with Crippen LogP contribution in [-0.2, 0) is 9.53 Å². The van der Waals surface area contributed by atoms with Crippen molar-refractivity contribution in [2.45, 2.75) is 52.1 Å². The molecule has 2 saturated carbocycles. The van der Waals surface area contributed by atoms with E-state index in [1.54, 1.807) is 9.80 Å². The smallest absolute Gasteiger partial charge is 0.315 e. The van der Waals surface area contributed by atoms with Gasteiger partial charge in [-0.15, -0.1) is 0 Å². The monoisotopic (exact) mass is 348 g/mol. The van der Waals surface area contributed by atoms with Crippen LogP contribution in [0, 0.1) is 23.2 Å². The molecule has 4 heteroatoms. The zero-order valence-electron chi connectivity index (χ0n) is 16.1. The normalized spacial score (nSPS) is 47.1. The Morgan fingerprint density at radius 1 is 1.24 bits per heavy atom. The van der Waals surface area contributed by atoms with E-state index in [2.05, 4.69) is 20.4 Å². The number of hydrogen-bond acceptors (Lipinski definition) is 2. The molecule has 0 aromatic rings. The van der Waals surface area contributed by atoms with Crippen molar-refractivity contribution in [2.75, 3.05) is 39.3 Å². The van der Waals surface area contributed by atoms with Crippen LogP contribution in [0.2, 0.25) is 0 Å². The molecule has 2 aliphatic carbocycles. The highest BCUT2D eigenvalue weighted by Gasteiger charge is 2.56. The maximum atomic E-state index is 12.7. The van der Waals surface area contributed by atoms with E-state index in [1.165, 1.54) is 57.6 Å².